The molecule has 0 bridgehead atoms. The first kappa shape index (κ1) is 18.5. The summed E-state index contributed by atoms with van der Waals surface area (Å²) in [6.45, 7) is 3.61. The van der Waals surface area contributed by atoms with Gasteiger partial charge in [0.2, 0.25) is 0 Å². The van der Waals surface area contributed by atoms with E-state index in [4.69, 9.17) is 4.74 Å². The first-order valence-electron chi connectivity index (χ1n) is 7.96. The van der Waals surface area contributed by atoms with Crippen LogP contribution in [-0.2, 0) is 6.54 Å². The van der Waals surface area contributed by atoms with Crippen LogP contribution >= 0.6 is 0 Å². The molecule has 0 spiro atoms. The predicted octanol–water partition coefficient (Wildman–Crippen LogP) is 2.80. The lowest BCUT2D eigenvalue weighted by Crippen LogP contribution is -2.39. The number of benzene rings is 2. The number of aromatic hydroxyl groups is 1. The lowest BCUT2D eigenvalue weighted by molar-refractivity contribution is 0.304. The van der Waals surface area contributed by atoms with E-state index in [1.807, 2.05) is 13.0 Å². The highest BCUT2D eigenvalue weighted by atomic mass is 19.1. The summed E-state index contributed by atoms with van der Waals surface area (Å²) in [5, 5.41) is 15.6. The maximum Gasteiger partial charge on any atom is 0.191 e. The highest BCUT2D eigenvalue weighted by Gasteiger charge is 2.05. The molecule has 134 valence electrons. The minimum Gasteiger partial charge on any atom is -0.508 e. The number of aliphatic imine (C=N–C) groups is 1. The molecule has 2 aromatic carbocycles. The molecular formula is C18H21F2N3O2. The van der Waals surface area contributed by atoms with Gasteiger partial charge < -0.3 is 20.5 Å². The van der Waals surface area contributed by atoms with Crippen LogP contribution in [-0.4, -0.2) is 30.8 Å². The van der Waals surface area contributed by atoms with Crippen molar-refractivity contribution in [2.24, 2.45) is 4.99 Å². The normalized spacial score (nSPS) is 11.2. The minimum atomic E-state index is -0.732. The maximum atomic E-state index is 13.5. The topological polar surface area (TPSA) is 65.9 Å². The zero-order valence-electron chi connectivity index (χ0n) is 13.9. The Morgan fingerprint density at radius 1 is 1.16 bits per heavy atom. The van der Waals surface area contributed by atoms with Crippen LogP contribution in [0.2, 0.25) is 0 Å². The van der Waals surface area contributed by atoms with E-state index in [2.05, 4.69) is 15.6 Å². The Bertz CT molecular complexity index is 723. The minimum absolute atomic E-state index is 0.00454. The SMILES string of the molecule is CCNC(=NCc1cccc(O)c1)NCCOc1ccc(F)cc1F. The van der Waals surface area contributed by atoms with Crippen molar-refractivity contribution < 1.29 is 18.6 Å². The van der Waals surface area contributed by atoms with Gasteiger partial charge in [0.05, 0.1) is 13.1 Å². The summed E-state index contributed by atoms with van der Waals surface area (Å²) in [7, 11) is 0. The van der Waals surface area contributed by atoms with Gasteiger partial charge in [0.25, 0.3) is 0 Å². The van der Waals surface area contributed by atoms with Gasteiger partial charge in [0, 0.05) is 12.6 Å². The standard InChI is InChI=1S/C18H21F2N3O2/c1-2-21-18(23-12-13-4-3-5-15(24)10-13)22-8-9-25-17-7-6-14(19)11-16(17)20/h3-7,10-11,24H,2,8-9,12H2,1H3,(H2,21,22,23). The number of rotatable bonds is 7. The van der Waals surface area contributed by atoms with Gasteiger partial charge in [-0.1, -0.05) is 12.1 Å². The second kappa shape index (κ2) is 9.46. The molecule has 0 heterocycles. The van der Waals surface area contributed by atoms with E-state index in [1.54, 1.807) is 18.2 Å². The van der Waals surface area contributed by atoms with Crippen LogP contribution in [0.4, 0.5) is 8.78 Å². The van der Waals surface area contributed by atoms with E-state index in [-0.39, 0.29) is 18.1 Å². The Balaban J connectivity index is 1.83. The third-order valence-electron chi connectivity index (χ3n) is 3.22. The first-order valence-corrected chi connectivity index (χ1v) is 7.96. The number of hydrogen-bond acceptors (Lipinski definition) is 3. The monoisotopic (exact) mass is 349 g/mol. The summed E-state index contributed by atoms with van der Waals surface area (Å²) in [5.74, 6) is -0.597. The van der Waals surface area contributed by atoms with Crippen molar-refractivity contribution in [1.82, 2.24) is 10.6 Å². The Labute approximate surface area is 145 Å². The van der Waals surface area contributed by atoms with Gasteiger partial charge in [0.15, 0.2) is 17.5 Å². The van der Waals surface area contributed by atoms with Crippen LogP contribution in [0.5, 0.6) is 11.5 Å². The molecule has 0 saturated heterocycles. The molecule has 5 nitrogen and oxygen atoms in total. The number of halogens is 2. The quantitative estimate of drug-likeness (QED) is 0.409. The number of hydrogen-bond donors (Lipinski definition) is 3. The van der Waals surface area contributed by atoms with Gasteiger partial charge in [-0.15, -0.1) is 0 Å². The summed E-state index contributed by atoms with van der Waals surface area (Å²) >= 11 is 0. The number of nitrogens with zero attached hydrogens (tertiary/aromatic N) is 1. The van der Waals surface area contributed by atoms with Crippen LogP contribution in [0, 0.1) is 11.6 Å². The van der Waals surface area contributed by atoms with Gasteiger partial charge in [-0.05, 0) is 36.8 Å². The van der Waals surface area contributed by atoms with Gasteiger partial charge in [-0.2, -0.15) is 0 Å². The van der Waals surface area contributed by atoms with Crippen molar-refractivity contribution in [2.45, 2.75) is 13.5 Å². The van der Waals surface area contributed by atoms with Crippen molar-refractivity contribution in [3.8, 4) is 11.5 Å². The zero-order valence-corrected chi connectivity index (χ0v) is 13.9. The van der Waals surface area contributed by atoms with Gasteiger partial charge in [-0.3, -0.25) is 0 Å². The summed E-state index contributed by atoms with van der Waals surface area (Å²) in [4.78, 5) is 4.40. The van der Waals surface area contributed by atoms with E-state index < -0.39 is 11.6 Å². The van der Waals surface area contributed by atoms with Crippen LogP contribution in [0.1, 0.15) is 12.5 Å². The molecule has 0 fully saturated rings. The van der Waals surface area contributed by atoms with Gasteiger partial charge in [-0.25, -0.2) is 13.8 Å². The summed E-state index contributed by atoms with van der Waals surface area (Å²) in [6.07, 6.45) is 0. The van der Waals surface area contributed by atoms with E-state index >= 15 is 0 Å². The van der Waals surface area contributed by atoms with Crippen LogP contribution in [0.25, 0.3) is 0 Å². The van der Waals surface area contributed by atoms with Gasteiger partial charge >= 0.3 is 0 Å². The summed E-state index contributed by atoms with van der Waals surface area (Å²) in [6, 6.07) is 10.1. The fraction of sp³-hybridized carbons (Fsp3) is 0.278. The highest BCUT2D eigenvalue weighted by Crippen LogP contribution is 2.17. The van der Waals surface area contributed by atoms with E-state index in [0.717, 1.165) is 17.7 Å². The maximum absolute atomic E-state index is 13.5. The number of guanidine groups is 1. The van der Waals surface area contributed by atoms with Crippen molar-refractivity contribution in [2.75, 3.05) is 19.7 Å². The molecule has 0 unspecified atom stereocenters. The molecule has 0 saturated carbocycles. The van der Waals surface area contributed by atoms with E-state index in [1.165, 1.54) is 6.07 Å². The van der Waals surface area contributed by atoms with Crippen molar-refractivity contribution in [3.63, 3.8) is 0 Å². The molecule has 2 rings (SSSR count). The predicted molar refractivity (Wildman–Crippen MR) is 92.8 cm³/mol. The Morgan fingerprint density at radius 3 is 2.72 bits per heavy atom. The third kappa shape index (κ3) is 6.29. The summed E-state index contributed by atoms with van der Waals surface area (Å²) < 4.78 is 31.6. The van der Waals surface area contributed by atoms with Crippen LogP contribution < -0.4 is 15.4 Å². The van der Waals surface area contributed by atoms with Crippen molar-refractivity contribution in [1.29, 1.82) is 0 Å². The number of nitrogens with one attached hydrogen (secondary N) is 2. The van der Waals surface area contributed by atoms with E-state index in [9.17, 15) is 13.9 Å². The average molecular weight is 349 g/mol. The van der Waals surface area contributed by atoms with Gasteiger partial charge in [0.1, 0.15) is 18.2 Å². The molecule has 25 heavy (non-hydrogen) atoms. The lowest BCUT2D eigenvalue weighted by atomic mass is 10.2. The molecule has 7 heteroatoms. The molecule has 0 atom stereocenters. The van der Waals surface area contributed by atoms with Crippen molar-refractivity contribution >= 4 is 5.96 Å². The fourth-order valence-corrected chi connectivity index (χ4v) is 2.09. The molecular weight excluding hydrogens is 328 g/mol. The number of ether oxygens (including phenoxy) is 1. The largest absolute Gasteiger partial charge is 0.508 e. The zero-order chi connectivity index (χ0) is 18.1. The lowest BCUT2D eigenvalue weighted by Gasteiger charge is -2.12. The Morgan fingerprint density at radius 2 is 2.00 bits per heavy atom. The number of phenolic OH excluding ortho intramolecular Hbond substituents is 1. The molecule has 0 amide bonds. The van der Waals surface area contributed by atoms with E-state index in [0.29, 0.717) is 25.6 Å². The van der Waals surface area contributed by atoms with Crippen LogP contribution in [0.3, 0.4) is 0 Å². The number of phenols is 1. The fourth-order valence-electron chi connectivity index (χ4n) is 2.09. The smallest absolute Gasteiger partial charge is 0.191 e. The molecule has 0 aliphatic rings. The molecule has 0 aliphatic heterocycles. The summed E-state index contributed by atoms with van der Waals surface area (Å²) in [5.41, 5.74) is 0.877. The Hall–Kier alpha value is -2.83. The van der Waals surface area contributed by atoms with Crippen molar-refractivity contribution in [3.05, 3.63) is 59.7 Å². The molecule has 0 radical (unpaired) electrons. The second-order valence-corrected chi connectivity index (χ2v) is 5.22. The third-order valence-corrected chi connectivity index (χ3v) is 3.22. The second-order valence-electron chi connectivity index (χ2n) is 5.22. The molecule has 0 aliphatic carbocycles. The molecule has 3 N–H and O–H groups in total. The molecule has 2 aromatic rings. The first-order chi connectivity index (χ1) is 12.1. The average Bonchev–Trinajstić information content (AvgIpc) is 2.58. The highest BCUT2D eigenvalue weighted by molar-refractivity contribution is 5.79. The van der Waals surface area contributed by atoms with Crippen LogP contribution in [0.15, 0.2) is 47.5 Å². The Kier molecular flexibility index (Phi) is 7.00. The molecule has 0 aromatic heterocycles.